The summed E-state index contributed by atoms with van der Waals surface area (Å²) in [5.41, 5.74) is 0. The topological polar surface area (TPSA) is 0 Å². The molecule has 0 aromatic heterocycles. The van der Waals surface area contributed by atoms with Crippen LogP contribution in [0.1, 0.15) is 238 Å². The number of hydrogen-bond acceptors (Lipinski definition) is 0. The van der Waals surface area contributed by atoms with Gasteiger partial charge in [-0.2, -0.15) is 0 Å². The average molecular weight is 697 g/mol. The van der Waals surface area contributed by atoms with Crippen LogP contribution >= 0.6 is 33.8 Å². The number of halogens is 3. The van der Waals surface area contributed by atoms with E-state index < -0.39 is 6.69 Å². The van der Waals surface area contributed by atoms with Crippen molar-refractivity contribution in [1.82, 2.24) is 0 Å². The van der Waals surface area contributed by atoms with Gasteiger partial charge >= 0.3 is 0 Å². The highest BCUT2D eigenvalue weighted by Crippen LogP contribution is 2.23. The molecule has 0 fully saturated rings. The SMILES string of the molecule is C[Si](Cl)(Cl)CCCCCCCCCCCCCCCCCCCCCCCCCCCCCCCCCCCCCCCCl. The molecular formula is C40H81Cl3Si. The fourth-order valence-corrected chi connectivity index (χ4v) is 8.58. The second kappa shape index (κ2) is 38.5. The Labute approximate surface area is 295 Å². The summed E-state index contributed by atoms with van der Waals surface area (Å²) in [7, 11) is 0. The smallest absolute Gasteiger partial charge is 0.146 e. The van der Waals surface area contributed by atoms with Gasteiger partial charge in [0, 0.05) is 5.88 Å². The molecule has 0 atom stereocenters. The maximum atomic E-state index is 6.17. The minimum absolute atomic E-state index is 0.844. The summed E-state index contributed by atoms with van der Waals surface area (Å²) < 4.78 is 0. The second-order valence-corrected chi connectivity index (χ2v) is 23.2. The Morgan fingerprint density at radius 2 is 0.386 bits per heavy atom. The van der Waals surface area contributed by atoms with Crippen LogP contribution in [0.5, 0.6) is 0 Å². The molecule has 266 valence electrons. The summed E-state index contributed by atoms with van der Waals surface area (Å²) in [6.07, 6.45) is 53.3. The molecule has 0 saturated carbocycles. The Hall–Kier alpha value is 1.09. The van der Waals surface area contributed by atoms with Gasteiger partial charge in [0.05, 0.1) is 0 Å². The van der Waals surface area contributed by atoms with Crippen molar-refractivity contribution in [2.45, 2.75) is 250 Å². The minimum Gasteiger partial charge on any atom is -0.146 e. The Balaban J connectivity index is 3.05. The standard InChI is InChI=1S/C40H81Cl3Si/c1-44(42,43)40-38-36-34-32-30-28-26-24-22-20-18-16-14-12-10-8-6-4-2-3-5-7-9-11-13-15-17-19-21-23-25-27-29-31-33-35-37-39-41/h2-40H2,1H3. The Kier molecular flexibility index (Phi) is 39.5. The molecule has 0 heterocycles. The summed E-state index contributed by atoms with van der Waals surface area (Å²) in [6.45, 7) is 0.200. The van der Waals surface area contributed by atoms with E-state index in [-0.39, 0.29) is 0 Å². The minimum atomic E-state index is -1.84. The summed E-state index contributed by atoms with van der Waals surface area (Å²) in [6, 6.07) is 1.06. The quantitative estimate of drug-likeness (QED) is 0.0260. The molecule has 0 N–H and O–H groups in total. The van der Waals surface area contributed by atoms with Gasteiger partial charge < -0.3 is 0 Å². The van der Waals surface area contributed by atoms with Crippen LogP contribution in [-0.4, -0.2) is 12.6 Å². The lowest BCUT2D eigenvalue weighted by Gasteiger charge is -2.09. The predicted octanol–water partition coefficient (Wildman–Crippen LogP) is 17.2. The van der Waals surface area contributed by atoms with Crippen LogP contribution < -0.4 is 0 Å². The summed E-state index contributed by atoms with van der Waals surface area (Å²) in [4.78, 5) is 0. The number of rotatable bonds is 39. The van der Waals surface area contributed by atoms with Gasteiger partial charge in [-0.15, -0.1) is 33.8 Å². The van der Waals surface area contributed by atoms with Crippen molar-refractivity contribution >= 4 is 40.5 Å². The Bertz CT molecular complexity index is 507. The molecule has 0 unspecified atom stereocenters. The fourth-order valence-electron chi connectivity index (χ4n) is 6.72. The van der Waals surface area contributed by atoms with E-state index in [1.54, 1.807) is 0 Å². The molecule has 44 heavy (non-hydrogen) atoms. The predicted molar refractivity (Wildman–Crippen MR) is 210 cm³/mol. The highest BCUT2D eigenvalue weighted by Gasteiger charge is 2.19. The van der Waals surface area contributed by atoms with Crippen molar-refractivity contribution in [2.75, 3.05) is 5.88 Å². The zero-order valence-corrected chi connectivity index (χ0v) is 33.5. The van der Waals surface area contributed by atoms with Gasteiger partial charge in [-0.25, -0.2) is 0 Å². The molecule has 0 aliphatic rings. The third-order valence-corrected chi connectivity index (χ3v) is 12.4. The molecule has 0 amide bonds. The highest BCUT2D eigenvalue weighted by atomic mass is 35.7. The first-order valence-corrected chi connectivity index (χ1v) is 25.8. The molecule has 0 aromatic carbocycles. The first kappa shape index (κ1) is 45.1. The molecule has 0 saturated heterocycles. The number of unbranched alkanes of at least 4 members (excludes halogenated alkanes) is 36. The third-order valence-electron chi connectivity index (χ3n) is 9.75. The van der Waals surface area contributed by atoms with Gasteiger partial charge in [-0.1, -0.05) is 231 Å². The van der Waals surface area contributed by atoms with Crippen molar-refractivity contribution in [3.05, 3.63) is 0 Å². The van der Waals surface area contributed by atoms with E-state index in [0.29, 0.717) is 0 Å². The van der Waals surface area contributed by atoms with Crippen molar-refractivity contribution in [3.63, 3.8) is 0 Å². The first-order valence-electron chi connectivity index (χ1n) is 20.5. The van der Waals surface area contributed by atoms with E-state index in [4.69, 9.17) is 33.8 Å². The van der Waals surface area contributed by atoms with Crippen molar-refractivity contribution in [1.29, 1.82) is 0 Å². The van der Waals surface area contributed by atoms with Crippen LogP contribution in [0.2, 0.25) is 12.6 Å². The normalized spacial score (nSPS) is 12.0. The first-order chi connectivity index (χ1) is 21.6. The van der Waals surface area contributed by atoms with Gasteiger partial charge in [0.25, 0.3) is 0 Å². The number of hydrogen-bond donors (Lipinski definition) is 0. The zero-order valence-electron chi connectivity index (χ0n) is 30.2. The Morgan fingerprint density at radius 1 is 0.250 bits per heavy atom. The molecule has 0 aliphatic carbocycles. The molecule has 0 spiro atoms. The van der Waals surface area contributed by atoms with E-state index in [9.17, 15) is 0 Å². The van der Waals surface area contributed by atoms with Crippen LogP contribution in [0.15, 0.2) is 0 Å². The van der Waals surface area contributed by atoms with Crippen LogP contribution in [0.25, 0.3) is 0 Å². The average Bonchev–Trinajstić information content (AvgIpc) is 3.00. The maximum Gasteiger partial charge on any atom is 0.248 e. The molecule has 4 heteroatoms. The summed E-state index contributed by atoms with van der Waals surface area (Å²) in [5, 5.41) is 0. The summed E-state index contributed by atoms with van der Waals surface area (Å²) in [5.74, 6) is 0.844. The van der Waals surface area contributed by atoms with Crippen molar-refractivity contribution < 1.29 is 0 Å². The van der Waals surface area contributed by atoms with Crippen molar-refractivity contribution in [2.24, 2.45) is 0 Å². The van der Waals surface area contributed by atoms with Crippen molar-refractivity contribution in [3.8, 4) is 0 Å². The largest absolute Gasteiger partial charge is 0.248 e. The molecule has 0 radical (unpaired) electrons. The van der Waals surface area contributed by atoms with Crippen LogP contribution in [0, 0.1) is 0 Å². The molecular weight excluding hydrogens is 615 g/mol. The lowest BCUT2D eigenvalue weighted by Crippen LogP contribution is -2.11. The molecule has 0 rings (SSSR count). The van der Waals surface area contributed by atoms with E-state index in [2.05, 4.69) is 0 Å². The monoisotopic (exact) mass is 695 g/mol. The highest BCUT2D eigenvalue weighted by molar-refractivity contribution is 7.44. The van der Waals surface area contributed by atoms with Gasteiger partial charge in [0.15, 0.2) is 0 Å². The van der Waals surface area contributed by atoms with Gasteiger partial charge in [0.2, 0.25) is 6.69 Å². The molecule has 0 bridgehead atoms. The third kappa shape index (κ3) is 43.1. The van der Waals surface area contributed by atoms with Gasteiger partial charge in [0.1, 0.15) is 0 Å². The molecule has 0 aliphatic heterocycles. The molecule has 0 aromatic rings. The van der Waals surface area contributed by atoms with E-state index >= 15 is 0 Å². The molecule has 0 nitrogen and oxygen atoms in total. The van der Waals surface area contributed by atoms with E-state index in [1.165, 1.54) is 238 Å². The van der Waals surface area contributed by atoms with Gasteiger partial charge in [-0.3, -0.25) is 0 Å². The zero-order chi connectivity index (χ0) is 32.1. The lowest BCUT2D eigenvalue weighted by atomic mass is 10.0. The summed E-state index contributed by atoms with van der Waals surface area (Å²) >= 11 is 18.1. The second-order valence-electron chi connectivity index (χ2n) is 14.6. The van der Waals surface area contributed by atoms with E-state index in [1.807, 2.05) is 6.55 Å². The lowest BCUT2D eigenvalue weighted by molar-refractivity contribution is 0.510. The fraction of sp³-hybridized carbons (Fsp3) is 1.00. The number of alkyl halides is 1. The van der Waals surface area contributed by atoms with E-state index in [0.717, 1.165) is 11.9 Å². The van der Waals surface area contributed by atoms with Crippen LogP contribution in [0.3, 0.4) is 0 Å². The van der Waals surface area contributed by atoms with Gasteiger partial charge in [-0.05, 0) is 19.0 Å². The maximum absolute atomic E-state index is 6.17. The Morgan fingerprint density at radius 3 is 0.523 bits per heavy atom. The van der Waals surface area contributed by atoms with Crippen LogP contribution in [0.4, 0.5) is 0 Å². The van der Waals surface area contributed by atoms with Crippen LogP contribution in [-0.2, 0) is 0 Å².